The highest BCUT2D eigenvalue weighted by Crippen LogP contribution is 2.38. The van der Waals surface area contributed by atoms with E-state index in [1.54, 1.807) is 13.2 Å². The van der Waals surface area contributed by atoms with E-state index in [0.29, 0.717) is 17.3 Å². The molecule has 0 bridgehead atoms. The zero-order valence-electron chi connectivity index (χ0n) is 13.0. The minimum Gasteiger partial charge on any atom is -0.497 e. The molecule has 0 aromatic heterocycles. The molecule has 0 saturated heterocycles. The Bertz CT molecular complexity index is 753. The fraction of sp³-hybridized carbons (Fsp3) is 0.235. The van der Waals surface area contributed by atoms with E-state index in [9.17, 15) is 4.79 Å². The van der Waals surface area contributed by atoms with Gasteiger partial charge in [-0.1, -0.05) is 22.0 Å². The molecular formula is C17H16BrNO4S. The topological polar surface area (TPSA) is 56.8 Å². The largest absolute Gasteiger partial charge is 0.497 e. The van der Waals surface area contributed by atoms with Gasteiger partial charge in [0.05, 0.1) is 12.9 Å². The molecule has 24 heavy (non-hydrogen) atoms. The Morgan fingerprint density at radius 2 is 2.08 bits per heavy atom. The standard InChI is InChI=1S/C17H16BrNO4S/c1-21-13-4-2-3-12(6-13)19-17(20)9-24-8-11-5-15-16(7-14(11)18)23-10-22-15/h2-7H,8-10H2,1H3,(H,19,20). The van der Waals surface area contributed by atoms with Gasteiger partial charge in [0.15, 0.2) is 11.5 Å². The van der Waals surface area contributed by atoms with Crippen molar-refractivity contribution in [1.82, 2.24) is 0 Å². The number of halogens is 1. The van der Waals surface area contributed by atoms with Crippen LogP contribution in [0.4, 0.5) is 5.69 Å². The van der Waals surface area contributed by atoms with Crippen LogP contribution < -0.4 is 19.5 Å². The van der Waals surface area contributed by atoms with Crippen molar-refractivity contribution in [2.75, 3.05) is 25.0 Å². The number of fused-ring (bicyclic) bond motifs is 1. The van der Waals surface area contributed by atoms with E-state index in [1.165, 1.54) is 11.8 Å². The lowest BCUT2D eigenvalue weighted by molar-refractivity contribution is -0.113. The maximum atomic E-state index is 12.0. The van der Waals surface area contributed by atoms with Crippen molar-refractivity contribution in [2.24, 2.45) is 0 Å². The fourth-order valence-corrected chi connectivity index (χ4v) is 3.69. The van der Waals surface area contributed by atoms with Gasteiger partial charge >= 0.3 is 0 Å². The van der Waals surface area contributed by atoms with E-state index in [-0.39, 0.29) is 12.7 Å². The first-order chi connectivity index (χ1) is 11.7. The zero-order chi connectivity index (χ0) is 16.9. The summed E-state index contributed by atoms with van der Waals surface area (Å²) in [5.41, 5.74) is 1.79. The van der Waals surface area contributed by atoms with Crippen LogP contribution in [0.2, 0.25) is 0 Å². The molecule has 1 heterocycles. The van der Waals surface area contributed by atoms with Crippen LogP contribution in [0.15, 0.2) is 40.9 Å². The first-order valence-electron chi connectivity index (χ1n) is 7.25. The van der Waals surface area contributed by atoms with Crippen LogP contribution >= 0.6 is 27.7 Å². The number of hydrogen-bond acceptors (Lipinski definition) is 5. The number of nitrogens with one attached hydrogen (secondary N) is 1. The summed E-state index contributed by atoms with van der Waals surface area (Å²) in [6.45, 7) is 0.251. The summed E-state index contributed by atoms with van der Waals surface area (Å²) in [4.78, 5) is 12.0. The van der Waals surface area contributed by atoms with E-state index in [4.69, 9.17) is 14.2 Å². The molecule has 7 heteroatoms. The molecule has 0 atom stereocenters. The van der Waals surface area contributed by atoms with Crippen LogP contribution in [0, 0.1) is 0 Å². The van der Waals surface area contributed by atoms with Crippen molar-refractivity contribution in [2.45, 2.75) is 5.75 Å². The number of benzene rings is 2. The Balaban J connectivity index is 1.52. The lowest BCUT2D eigenvalue weighted by Crippen LogP contribution is -2.14. The van der Waals surface area contributed by atoms with Crippen molar-refractivity contribution < 1.29 is 19.0 Å². The fourth-order valence-electron chi connectivity index (χ4n) is 2.22. The number of rotatable bonds is 6. The molecule has 1 N–H and O–H groups in total. The summed E-state index contributed by atoms with van der Waals surface area (Å²) in [7, 11) is 1.60. The molecule has 1 amide bonds. The Kier molecular flexibility index (Phi) is 5.52. The van der Waals surface area contributed by atoms with Gasteiger partial charge in [-0.3, -0.25) is 4.79 Å². The van der Waals surface area contributed by atoms with Crippen LogP contribution in [0.3, 0.4) is 0 Å². The highest BCUT2D eigenvalue weighted by molar-refractivity contribution is 9.10. The van der Waals surface area contributed by atoms with E-state index in [0.717, 1.165) is 27.2 Å². The van der Waals surface area contributed by atoms with Crippen LogP contribution in [-0.2, 0) is 10.5 Å². The Morgan fingerprint density at radius 1 is 1.29 bits per heavy atom. The van der Waals surface area contributed by atoms with Crippen molar-refractivity contribution in [3.63, 3.8) is 0 Å². The lowest BCUT2D eigenvalue weighted by Gasteiger charge is -2.08. The molecule has 2 aromatic carbocycles. The van der Waals surface area contributed by atoms with Gasteiger partial charge in [-0.25, -0.2) is 0 Å². The maximum Gasteiger partial charge on any atom is 0.234 e. The van der Waals surface area contributed by atoms with Gasteiger partial charge in [-0.15, -0.1) is 11.8 Å². The van der Waals surface area contributed by atoms with Crippen molar-refractivity contribution in [3.05, 3.63) is 46.4 Å². The number of hydrogen-bond donors (Lipinski definition) is 1. The molecule has 1 aliphatic rings. The molecule has 126 valence electrons. The second-order valence-electron chi connectivity index (χ2n) is 5.07. The second-order valence-corrected chi connectivity index (χ2v) is 6.91. The third-order valence-corrected chi connectivity index (χ3v) is 5.11. The minimum atomic E-state index is -0.0508. The highest BCUT2D eigenvalue weighted by Gasteiger charge is 2.16. The number of methoxy groups -OCH3 is 1. The van der Waals surface area contributed by atoms with Gasteiger partial charge in [-0.2, -0.15) is 0 Å². The summed E-state index contributed by atoms with van der Waals surface area (Å²) < 4.78 is 16.8. The number of carbonyl (C=O) groups excluding carboxylic acids is 1. The van der Waals surface area contributed by atoms with Crippen molar-refractivity contribution in [3.8, 4) is 17.2 Å². The number of thioether (sulfide) groups is 1. The quantitative estimate of drug-likeness (QED) is 0.779. The third-order valence-electron chi connectivity index (χ3n) is 3.39. The summed E-state index contributed by atoms with van der Waals surface area (Å²) >= 11 is 5.06. The SMILES string of the molecule is COc1cccc(NC(=O)CSCc2cc3c(cc2Br)OCO3)c1. The van der Waals surface area contributed by atoms with Crippen molar-refractivity contribution >= 4 is 39.3 Å². The van der Waals surface area contributed by atoms with Gasteiger partial charge in [0, 0.05) is 22.0 Å². The Labute approximate surface area is 152 Å². The predicted molar refractivity (Wildman–Crippen MR) is 98.1 cm³/mol. The first kappa shape index (κ1) is 17.0. The predicted octanol–water partition coefficient (Wildman–Crippen LogP) is 4.06. The first-order valence-corrected chi connectivity index (χ1v) is 9.20. The van der Waals surface area contributed by atoms with Gasteiger partial charge in [-0.05, 0) is 29.8 Å². The smallest absolute Gasteiger partial charge is 0.234 e. The van der Waals surface area contributed by atoms with Crippen molar-refractivity contribution in [1.29, 1.82) is 0 Å². The summed E-state index contributed by atoms with van der Waals surface area (Å²) in [5.74, 6) is 3.21. The van der Waals surface area contributed by atoms with E-state index < -0.39 is 0 Å². The van der Waals surface area contributed by atoms with Gasteiger partial charge in [0.25, 0.3) is 0 Å². The van der Waals surface area contributed by atoms with Gasteiger partial charge < -0.3 is 19.5 Å². The highest BCUT2D eigenvalue weighted by atomic mass is 79.9. The Hall–Kier alpha value is -1.86. The molecule has 0 saturated carbocycles. The molecule has 2 aromatic rings. The summed E-state index contributed by atoms with van der Waals surface area (Å²) in [5, 5.41) is 2.86. The maximum absolute atomic E-state index is 12.0. The van der Waals surface area contributed by atoms with Crippen LogP contribution in [0.25, 0.3) is 0 Å². The van der Waals surface area contributed by atoms with Gasteiger partial charge in [0.2, 0.25) is 12.7 Å². The number of carbonyl (C=O) groups is 1. The van der Waals surface area contributed by atoms with E-state index >= 15 is 0 Å². The molecule has 3 rings (SSSR count). The monoisotopic (exact) mass is 409 g/mol. The number of amides is 1. The van der Waals surface area contributed by atoms with Crippen LogP contribution in [-0.4, -0.2) is 25.6 Å². The molecule has 0 unspecified atom stereocenters. The lowest BCUT2D eigenvalue weighted by atomic mass is 10.2. The third kappa shape index (κ3) is 4.15. The zero-order valence-corrected chi connectivity index (χ0v) is 15.4. The summed E-state index contributed by atoms with van der Waals surface area (Å²) in [6.07, 6.45) is 0. The minimum absolute atomic E-state index is 0.0508. The average Bonchev–Trinajstić information content (AvgIpc) is 3.02. The normalized spacial score (nSPS) is 12.1. The summed E-state index contributed by atoms with van der Waals surface area (Å²) in [6, 6.07) is 11.1. The molecule has 1 aliphatic heterocycles. The number of anilines is 1. The van der Waals surface area contributed by atoms with Crippen LogP contribution in [0.1, 0.15) is 5.56 Å². The average molecular weight is 410 g/mol. The van der Waals surface area contributed by atoms with Gasteiger partial charge in [0.1, 0.15) is 5.75 Å². The van der Waals surface area contributed by atoms with E-state index in [2.05, 4.69) is 21.2 Å². The van der Waals surface area contributed by atoms with E-state index in [1.807, 2.05) is 30.3 Å². The Morgan fingerprint density at radius 3 is 2.88 bits per heavy atom. The molecule has 0 spiro atoms. The molecule has 0 fully saturated rings. The number of ether oxygens (including phenoxy) is 3. The molecule has 0 aliphatic carbocycles. The molecule has 5 nitrogen and oxygen atoms in total. The molecular weight excluding hydrogens is 394 g/mol. The molecule has 0 radical (unpaired) electrons. The second kappa shape index (κ2) is 7.81. The van der Waals surface area contributed by atoms with Crippen LogP contribution in [0.5, 0.6) is 17.2 Å².